The average molecular weight is 178 g/mol. The summed E-state index contributed by atoms with van der Waals surface area (Å²) in [5.41, 5.74) is 1.13. The van der Waals surface area contributed by atoms with Crippen molar-refractivity contribution >= 4 is 23.7 Å². The number of rotatable bonds is 0. The van der Waals surface area contributed by atoms with Crippen molar-refractivity contribution in [1.82, 2.24) is 9.59 Å². The minimum absolute atomic E-state index is 0.139. The molecule has 0 unspecified atom stereocenters. The lowest BCUT2D eigenvalue weighted by Crippen LogP contribution is -2.00. The summed E-state index contributed by atoms with van der Waals surface area (Å²) in [5, 5.41) is 4.01. The number of aromatic nitrogens is 2. The van der Waals surface area contributed by atoms with E-state index in [0.29, 0.717) is 0 Å². The molecule has 2 rings (SSSR count). The van der Waals surface area contributed by atoms with Crippen molar-refractivity contribution in [3.05, 3.63) is 22.7 Å². The van der Waals surface area contributed by atoms with Gasteiger partial charge in [-0.2, -0.15) is 0 Å². The third-order valence-corrected chi connectivity index (χ3v) is 2.58. The van der Waals surface area contributed by atoms with Crippen LogP contribution in [0.4, 0.5) is 0 Å². The van der Waals surface area contributed by atoms with Gasteiger partial charge in [-0.1, -0.05) is 30.5 Å². The topological polar surface area (TPSA) is 25.8 Å². The van der Waals surface area contributed by atoms with Crippen LogP contribution in [0.5, 0.6) is 0 Å². The fourth-order valence-corrected chi connectivity index (χ4v) is 1.62. The molecule has 1 aliphatic rings. The molecule has 0 aromatic carbocycles. The van der Waals surface area contributed by atoms with Gasteiger partial charge in [-0.3, -0.25) is 0 Å². The fourth-order valence-electron chi connectivity index (χ4n) is 1.08. The highest BCUT2D eigenvalue weighted by molar-refractivity contribution is 7.06. The summed E-state index contributed by atoms with van der Waals surface area (Å²) in [6.07, 6.45) is 8.46. The van der Waals surface area contributed by atoms with Gasteiger partial charge in [0.15, 0.2) is 0 Å². The summed E-state index contributed by atoms with van der Waals surface area (Å²) < 4.78 is 3.88. The Balaban J connectivity index is 2.49. The van der Waals surface area contributed by atoms with Crippen molar-refractivity contribution < 1.29 is 0 Å². The zero-order valence-electron chi connectivity index (χ0n) is 7.11. The SMILES string of the molecule is CC1(C)C=Cc2nnsc2C=C1. The van der Waals surface area contributed by atoms with Gasteiger partial charge in [0.1, 0.15) is 5.69 Å². The molecule has 0 amide bonds. The summed E-state index contributed by atoms with van der Waals surface area (Å²) in [6, 6.07) is 0. The van der Waals surface area contributed by atoms with E-state index in [1.165, 1.54) is 11.5 Å². The Kier molecular flexibility index (Phi) is 1.61. The summed E-state index contributed by atoms with van der Waals surface area (Å²) in [7, 11) is 0. The Morgan fingerprint density at radius 1 is 1.25 bits per heavy atom. The lowest BCUT2D eigenvalue weighted by molar-refractivity contribution is 0.633. The molecule has 62 valence electrons. The Morgan fingerprint density at radius 2 is 2.00 bits per heavy atom. The van der Waals surface area contributed by atoms with E-state index in [1.54, 1.807) is 0 Å². The molecule has 1 aromatic rings. The van der Waals surface area contributed by atoms with Crippen molar-refractivity contribution in [1.29, 1.82) is 0 Å². The molecular formula is C9H10N2S. The van der Waals surface area contributed by atoms with Crippen molar-refractivity contribution in [2.75, 3.05) is 0 Å². The largest absolute Gasteiger partial charge is 0.138 e. The standard InChI is InChI=1S/C9H10N2S/c1-9(2)5-3-7-8(4-6-9)12-11-10-7/h3-6H,1-2H3. The molecule has 0 saturated carbocycles. The average Bonchev–Trinajstić information content (AvgIpc) is 2.40. The molecular weight excluding hydrogens is 168 g/mol. The van der Waals surface area contributed by atoms with E-state index in [4.69, 9.17) is 0 Å². The zero-order valence-corrected chi connectivity index (χ0v) is 7.93. The van der Waals surface area contributed by atoms with Gasteiger partial charge in [-0.25, -0.2) is 0 Å². The quantitative estimate of drug-likeness (QED) is 0.610. The van der Waals surface area contributed by atoms with Crippen molar-refractivity contribution in [3.63, 3.8) is 0 Å². The zero-order chi connectivity index (χ0) is 8.60. The minimum Gasteiger partial charge on any atom is -0.138 e. The first-order valence-corrected chi connectivity index (χ1v) is 4.66. The number of nitrogens with zero attached hydrogens (tertiary/aromatic N) is 2. The second-order valence-corrected chi connectivity index (χ2v) is 4.30. The Hall–Kier alpha value is -0.960. The maximum atomic E-state index is 4.01. The summed E-state index contributed by atoms with van der Waals surface area (Å²) >= 11 is 1.44. The van der Waals surface area contributed by atoms with E-state index in [9.17, 15) is 0 Å². The molecule has 2 nitrogen and oxygen atoms in total. The lowest BCUT2D eigenvalue weighted by atomic mass is 9.93. The lowest BCUT2D eigenvalue weighted by Gasteiger charge is -2.11. The molecule has 0 bridgehead atoms. The van der Waals surface area contributed by atoms with Crippen LogP contribution in [0.2, 0.25) is 0 Å². The molecule has 0 saturated heterocycles. The maximum Gasteiger partial charge on any atom is 0.105 e. The van der Waals surface area contributed by atoms with Gasteiger partial charge >= 0.3 is 0 Å². The van der Waals surface area contributed by atoms with Gasteiger partial charge in [-0.05, 0) is 23.7 Å². The third kappa shape index (κ3) is 1.32. The second-order valence-electron chi connectivity index (χ2n) is 3.51. The first-order valence-electron chi connectivity index (χ1n) is 3.88. The van der Waals surface area contributed by atoms with Gasteiger partial charge in [0.05, 0.1) is 4.88 Å². The Bertz CT molecular complexity index is 317. The molecule has 3 heteroatoms. The molecule has 0 spiro atoms. The Labute approximate surface area is 75.8 Å². The predicted octanol–water partition coefficient (Wildman–Crippen LogP) is 2.60. The highest BCUT2D eigenvalue weighted by Gasteiger charge is 2.13. The fraction of sp³-hybridized carbons (Fsp3) is 0.333. The van der Waals surface area contributed by atoms with Crippen LogP contribution in [0.15, 0.2) is 12.2 Å². The van der Waals surface area contributed by atoms with Crippen LogP contribution in [0.25, 0.3) is 12.2 Å². The van der Waals surface area contributed by atoms with E-state index in [1.807, 2.05) is 6.08 Å². The van der Waals surface area contributed by atoms with E-state index in [-0.39, 0.29) is 5.41 Å². The first kappa shape index (κ1) is 7.68. The number of hydrogen-bond acceptors (Lipinski definition) is 3. The van der Waals surface area contributed by atoms with Gasteiger partial charge in [0.25, 0.3) is 0 Å². The Morgan fingerprint density at radius 3 is 2.83 bits per heavy atom. The van der Waals surface area contributed by atoms with Crippen molar-refractivity contribution in [2.24, 2.45) is 5.41 Å². The smallest absolute Gasteiger partial charge is 0.105 e. The first-order chi connectivity index (χ1) is 5.67. The normalized spacial score (nSPS) is 18.8. The maximum absolute atomic E-state index is 4.01. The van der Waals surface area contributed by atoms with Crippen molar-refractivity contribution in [3.8, 4) is 0 Å². The van der Waals surface area contributed by atoms with E-state index in [2.05, 4.69) is 41.7 Å². The van der Waals surface area contributed by atoms with Gasteiger partial charge < -0.3 is 0 Å². The monoisotopic (exact) mass is 178 g/mol. The summed E-state index contributed by atoms with van der Waals surface area (Å²) in [5.74, 6) is 0. The minimum atomic E-state index is 0.139. The van der Waals surface area contributed by atoms with E-state index in [0.717, 1.165) is 10.6 Å². The number of fused-ring (bicyclic) bond motifs is 1. The van der Waals surface area contributed by atoms with Crippen LogP contribution >= 0.6 is 11.5 Å². The summed E-state index contributed by atoms with van der Waals surface area (Å²) in [4.78, 5) is 1.15. The van der Waals surface area contributed by atoms with Crippen molar-refractivity contribution in [2.45, 2.75) is 13.8 Å². The molecule has 0 aliphatic heterocycles. The molecule has 1 aromatic heterocycles. The third-order valence-electron chi connectivity index (χ3n) is 1.88. The second kappa shape index (κ2) is 2.52. The van der Waals surface area contributed by atoms with Crippen LogP contribution < -0.4 is 0 Å². The molecule has 0 fully saturated rings. The van der Waals surface area contributed by atoms with Gasteiger partial charge in [0.2, 0.25) is 0 Å². The number of allylic oxidation sites excluding steroid dienone is 2. The molecule has 0 N–H and O–H groups in total. The van der Waals surface area contributed by atoms with Crippen LogP contribution in [0.1, 0.15) is 24.4 Å². The molecule has 0 radical (unpaired) electrons. The van der Waals surface area contributed by atoms with Crippen LogP contribution in [0, 0.1) is 5.41 Å². The summed E-state index contributed by atoms with van der Waals surface area (Å²) in [6.45, 7) is 4.34. The van der Waals surface area contributed by atoms with Crippen LogP contribution in [-0.4, -0.2) is 9.59 Å². The van der Waals surface area contributed by atoms with Crippen LogP contribution in [-0.2, 0) is 0 Å². The predicted molar refractivity (Wildman–Crippen MR) is 51.8 cm³/mol. The molecule has 0 atom stereocenters. The molecule has 1 aliphatic carbocycles. The highest BCUT2D eigenvalue weighted by atomic mass is 32.1. The van der Waals surface area contributed by atoms with Gasteiger partial charge in [0, 0.05) is 5.41 Å². The number of hydrogen-bond donors (Lipinski definition) is 0. The van der Waals surface area contributed by atoms with Gasteiger partial charge in [-0.15, -0.1) is 5.10 Å². The molecule has 12 heavy (non-hydrogen) atoms. The van der Waals surface area contributed by atoms with Crippen LogP contribution in [0.3, 0.4) is 0 Å². The molecule has 1 heterocycles. The van der Waals surface area contributed by atoms with E-state index < -0.39 is 0 Å². The van der Waals surface area contributed by atoms with E-state index >= 15 is 0 Å². The highest BCUT2D eigenvalue weighted by Crippen LogP contribution is 2.27.